The number of aliphatic hydroxyl groups is 1. The first-order valence-electron chi connectivity index (χ1n) is 9.29. The van der Waals surface area contributed by atoms with Crippen LogP contribution in [0.15, 0.2) is 0 Å². The van der Waals surface area contributed by atoms with Gasteiger partial charge < -0.3 is 10.0 Å². The summed E-state index contributed by atoms with van der Waals surface area (Å²) < 4.78 is 0. The van der Waals surface area contributed by atoms with Gasteiger partial charge in [0.05, 0.1) is 6.10 Å². The van der Waals surface area contributed by atoms with E-state index in [1.807, 2.05) is 7.05 Å². The van der Waals surface area contributed by atoms with E-state index in [1.54, 1.807) is 0 Å². The molecule has 0 bridgehead atoms. The molecule has 3 saturated carbocycles. The van der Waals surface area contributed by atoms with Crippen LogP contribution in [0.3, 0.4) is 0 Å². The van der Waals surface area contributed by atoms with E-state index >= 15 is 0 Å². The summed E-state index contributed by atoms with van der Waals surface area (Å²) in [7, 11) is 2.02. The maximum Gasteiger partial charge on any atom is 0.222 e. The van der Waals surface area contributed by atoms with Crippen molar-refractivity contribution in [1.82, 2.24) is 4.90 Å². The van der Waals surface area contributed by atoms with Crippen LogP contribution in [0, 0.1) is 28.6 Å². The molecule has 1 aliphatic heterocycles. The predicted octanol–water partition coefficient (Wildman–Crippen LogP) is 3.21. The number of hydrogen-bond donors (Lipinski definition) is 1. The Balaban J connectivity index is 1.65. The zero-order valence-corrected chi connectivity index (χ0v) is 14.3. The molecule has 0 aromatic heterocycles. The standard InChI is InChI=1S/C19H31NO2/c1-18-8-6-14-13(15(18)10-12(21)11-18)4-5-16-19(14,2)9-7-17(22)20(16)3/h12-16,21H,4-11H2,1-3H3/t12-,13?,14+,15+,16-,18-,19-/m1/s1. The van der Waals surface area contributed by atoms with Gasteiger partial charge in [0.2, 0.25) is 5.91 Å². The lowest BCUT2D eigenvalue weighted by Crippen LogP contribution is -2.61. The summed E-state index contributed by atoms with van der Waals surface area (Å²) in [5.74, 6) is 2.59. The molecule has 3 heteroatoms. The zero-order valence-electron chi connectivity index (χ0n) is 14.3. The Bertz CT molecular complexity index is 492. The number of likely N-dealkylation sites (tertiary alicyclic amines) is 1. The van der Waals surface area contributed by atoms with Crippen LogP contribution in [0.1, 0.15) is 65.2 Å². The summed E-state index contributed by atoms with van der Waals surface area (Å²) in [5.41, 5.74) is 0.681. The van der Waals surface area contributed by atoms with E-state index in [1.165, 1.54) is 25.7 Å². The number of nitrogens with zero attached hydrogens (tertiary/aromatic N) is 1. The van der Waals surface area contributed by atoms with Crippen LogP contribution in [0.25, 0.3) is 0 Å². The van der Waals surface area contributed by atoms with Gasteiger partial charge in [-0.1, -0.05) is 13.8 Å². The van der Waals surface area contributed by atoms with Crippen molar-refractivity contribution in [1.29, 1.82) is 0 Å². The Hall–Kier alpha value is -0.570. The molecule has 22 heavy (non-hydrogen) atoms. The second kappa shape index (κ2) is 4.72. The molecule has 1 N–H and O–H groups in total. The lowest BCUT2D eigenvalue weighted by molar-refractivity contribution is -0.156. The van der Waals surface area contributed by atoms with Crippen molar-refractivity contribution in [3.63, 3.8) is 0 Å². The highest BCUT2D eigenvalue weighted by atomic mass is 16.3. The van der Waals surface area contributed by atoms with Crippen molar-refractivity contribution in [2.24, 2.45) is 28.6 Å². The molecule has 3 aliphatic carbocycles. The van der Waals surface area contributed by atoms with Gasteiger partial charge in [-0.2, -0.15) is 0 Å². The van der Waals surface area contributed by atoms with Crippen LogP contribution in [0.4, 0.5) is 0 Å². The van der Waals surface area contributed by atoms with Crippen molar-refractivity contribution in [3.8, 4) is 0 Å². The quantitative estimate of drug-likeness (QED) is 0.746. The fourth-order valence-electron chi connectivity index (χ4n) is 7.17. The van der Waals surface area contributed by atoms with E-state index in [9.17, 15) is 9.90 Å². The molecule has 0 radical (unpaired) electrons. The van der Waals surface area contributed by atoms with Gasteiger partial charge in [0, 0.05) is 19.5 Å². The maximum absolute atomic E-state index is 12.1. The van der Waals surface area contributed by atoms with Gasteiger partial charge in [-0.25, -0.2) is 0 Å². The molecular weight excluding hydrogens is 274 g/mol. The number of carbonyl (C=O) groups excluding carboxylic acids is 1. The van der Waals surface area contributed by atoms with Crippen LogP contribution < -0.4 is 0 Å². The molecule has 0 aromatic rings. The number of carbonyl (C=O) groups is 1. The molecule has 4 aliphatic rings. The molecule has 1 amide bonds. The van der Waals surface area contributed by atoms with Gasteiger partial charge in [0.25, 0.3) is 0 Å². The van der Waals surface area contributed by atoms with Gasteiger partial charge in [-0.05, 0) is 73.5 Å². The van der Waals surface area contributed by atoms with Gasteiger partial charge >= 0.3 is 0 Å². The lowest BCUT2D eigenvalue weighted by atomic mass is 9.47. The molecular formula is C19H31NO2. The smallest absolute Gasteiger partial charge is 0.222 e. The van der Waals surface area contributed by atoms with Crippen molar-refractivity contribution in [3.05, 3.63) is 0 Å². The number of aliphatic hydroxyl groups excluding tert-OH is 1. The predicted molar refractivity (Wildman–Crippen MR) is 86.2 cm³/mol. The van der Waals surface area contributed by atoms with Crippen LogP contribution in [-0.4, -0.2) is 35.1 Å². The average Bonchev–Trinajstić information content (AvgIpc) is 2.78. The molecule has 124 valence electrons. The van der Waals surface area contributed by atoms with Gasteiger partial charge in [-0.15, -0.1) is 0 Å². The highest BCUT2D eigenvalue weighted by Crippen LogP contribution is 2.64. The molecule has 4 rings (SSSR count). The lowest BCUT2D eigenvalue weighted by Gasteiger charge is -2.61. The molecule has 1 saturated heterocycles. The second-order valence-electron chi connectivity index (χ2n) is 9.27. The first-order chi connectivity index (χ1) is 10.3. The Labute approximate surface area is 134 Å². The van der Waals surface area contributed by atoms with Crippen LogP contribution >= 0.6 is 0 Å². The van der Waals surface area contributed by atoms with E-state index in [4.69, 9.17) is 0 Å². The third-order valence-electron chi connectivity index (χ3n) is 8.30. The van der Waals surface area contributed by atoms with E-state index in [-0.39, 0.29) is 6.10 Å². The first-order valence-corrected chi connectivity index (χ1v) is 9.29. The van der Waals surface area contributed by atoms with Gasteiger partial charge in [-0.3, -0.25) is 4.79 Å². The first kappa shape index (κ1) is 15.0. The Morgan fingerprint density at radius 3 is 2.68 bits per heavy atom. The molecule has 4 fully saturated rings. The zero-order chi connectivity index (χ0) is 15.7. The summed E-state index contributed by atoms with van der Waals surface area (Å²) in [5, 5.41) is 10.2. The van der Waals surface area contributed by atoms with Gasteiger partial charge in [0.15, 0.2) is 0 Å². The number of hydrogen-bond acceptors (Lipinski definition) is 2. The highest BCUT2D eigenvalue weighted by molar-refractivity contribution is 5.77. The number of piperidine rings is 1. The van der Waals surface area contributed by atoms with Gasteiger partial charge in [0.1, 0.15) is 0 Å². The van der Waals surface area contributed by atoms with Crippen molar-refractivity contribution in [2.75, 3.05) is 7.05 Å². The summed E-state index contributed by atoms with van der Waals surface area (Å²) >= 11 is 0. The number of rotatable bonds is 0. The molecule has 0 aromatic carbocycles. The summed E-state index contributed by atoms with van der Waals surface area (Å²) in [6, 6.07) is 0.450. The Morgan fingerprint density at radius 2 is 1.91 bits per heavy atom. The molecule has 0 spiro atoms. The van der Waals surface area contributed by atoms with E-state index in [0.717, 1.165) is 37.5 Å². The summed E-state index contributed by atoms with van der Waals surface area (Å²) in [6.45, 7) is 4.89. The number of amides is 1. The normalized spacial score (nSPS) is 54.6. The van der Waals surface area contributed by atoms with Crippen molar-refractivity contribution in [2.45, 2.75) is 77.4 Å². The minimum Gasteiger partial charge on any atom is -0.393 e. The SMILES string of the molecule is CN1C(=O)CC[C@]2(C)[C@H]3CC[C@]4(C)C[C@H](O)C[C@H]4C3CC[C@@H]12. The largest absolute Gasteiger partial charge is 0.393 e. The highest BCUT2D eigenvalue weighted by Gasteiger charge is 2.60. The van der Waals surface area contributed by atoms with Crippen LogP contribution in [0.2, 0.25) is 0 Å². The monoisotopic (exact) mass is 305 g/mol. The minimum absolute atomic E-state index is 0.0742. The fourth-order valence-corrected chi connectivity index (χ4v) is 7.17. The van der Waals surface area contributed by atoms with E-state index < -0.39 is 0 Å². The fraction of sp³-hybridized carbons (Fsp3) is 0.947. The molecule has 7 atom stereocenters. The molecule has 3 nitrogen and oxygen atoms in total. The minimum atomic E-state index is -0.0742. The Morgan fingerprint density at radius 1 is 1.14 bits per heavy atom. The average molecular weight is 305 g/mol. The van der Waals surface area contributed by atoms with Crippen molar-refractivity contribution >= 4 is 5.91 Å². The maximum atomic E-state index is 12.1. The van der Waals surface area contributed by atoms with Crippen molar-refractivity contribution < 1.29 is 9.90 Å². The second-order valence-corrected chi connectivity index (χ2v) is 9.27. The van der Waals surface area contributed by atoms with E-state index in [0.29, 0.717) is 28.7 Å². The number of fused-ring (bicyclic) bond motifs is 5. The molecule has 1 unspecified atom stereocenters. The Kier molecular flexibility index (Phi) is 3.21. The topological polar surface area (TPSA) is 40.5 Å². The molecule has 1 heterocycles. The summed E-state index contributed by atoms with van der Waals surface area (Å²) in [4.78, 5) is 14.2. The third-order valence-corrected chi connectivity index (χ3v) is 8.30. The summed E-state index contributed by atoms with van der Waals surface area (Å²) in [6.07, 6.45) is 8.78. The van der Waals surface area contributed by atoms with E-state index in [2.05, 4.69) is 18.7 Å². The third kappa shape index (κ3) is 1.87. The van der Waals surface area contributed by atoms with Crippen LogP contribution in [0.5, 0.6) is 0 Å². The van der Waals surface area contributed by atoms with Crippen LogP contribution in [-0.2, 0) is 4.79 Å².